The number of carboxylic acids is 1. The molecule has 1 aromatic carbocycles. The number of hydrogen-bond donors (Lipinski definition) is 9. The Bertz CT molecular complexity index is 1190. The molecule has 0 spiro atoms. The van der Waals surface area contributed by atoms with Crippen LogP contribution in [0.1, 0.15) is 31.2 Å². The van der Waals surface area contributed by atoms with Crippen LogP contribution in [-0.2, 0) is 25.6 Å². The smallest absolute Gasteiger partial charge is 0.327 e. The maximum absolute atomic E-state index is 13.5. The minimum atomic E-state index is -1.25. The predicted octanol–water partition coefficient (Wildman–Crippen LogP) is -1.02. The van der Waals surface area contributed by atoms with Gasteiger partial charge in [-0.15, -0.1) is 0 Å². The van der Waals surface area contributed by atoms with Crippen molar-refractivity contribution in [2.24, 2.45) is 16.5 Å². The van der Waals surface area contributed by atoms with Gasteiger partial charge in [0, 0.05) is 35.8 Å². The van der Waals surface area contributed by atoms with Crippen LogP contribution in [-0.4, -0.2) is 82.8 Å². The minimum Gasteiger partial charge on any atom is -0.480 e. The summed E-state index contributed by atoms with van der Waals surface area (Å²) in [5, 5.41) is 21.3. The molecule has 1 fully saturated rings. The fourth-order valence-electron chi connectivity index (χ4n) is 4.41. The number of benzene rings is 1. The molecular weight excluding hydrogens is 524 g/mol. The van der Waals surface area contributed by atoms with Crippen LogP contribution < -0.4 is 32.7 Å². The van der Waals surface area contributed by atoms with Crippen molar-refractivity contribution in [2.45, 2.75) is 56.3 Å². The monoisotopic (exact) mass is 560 g/mol. The Balaban J connectivity index is 1.81. The number of fused-ring (bicyclic) bond motifs is 1. The lowest BCUT2D eigenvalue weighted by Gasteiger charge is -2.25. The number of nitrogens with two attached hydrogens (primary N) is 2. The van der Waals surface area contributed by atoms with Crippen LogP contribution in [0, 0.1) is 0 Å². The van der Waals surface area contributed by atoms with E-state index < -0.39 is 42.0 Å². The lowest BCUT2D eigenvalue weighted by molar-refractivity contribution is -0.141. The molecule has 14 heteroatoms. The summed E-state index contributed by atoms with van der Waals surface area (Å²) in [6.45, 7) is 0.966. The van der Waals surface area contributed by atoms with E-state index in [9.17, 15) is 24.3 Å². The second kappa shape index (κ2) is 14.4. The Labute approximate surface area is 231 Å². The molecule has 3 amide bonds. The fraction of sp³-hybridized carbons (Fsp3) is 0.480. The zero-order chi connectivity index (χ0) is 28.4. The summed E-state index contributed by atoms with van der Waals surface area (Å²) in [6, 6.07) is 3.75. The van der Waals surface area contributed by atoms with Gasteiger partial charge < -0.3 is 42.8 Å². The largest absolute Gasteiger partial charge is 0.480 e. The van der Waals surface area contributed by atoms with Crippen molar-refractivity contribution in [3.8, 4) is 0 Å². The first-order chi connectivity index (χ1) is 18.7. The molecule has 1 aromatic heterocycles. The number of amides is 3. The van der Waals surface area contributed by atoms with Gasteiger partial charge in [0.15, 0.2) is 5.96 Å². The number of para-hydroxylation sites is 1. The summed E-state index contributed by atoms with van der Waals surface area (Å²) in [5.74, 6) is -3.03. The summed E-state index contributed by atoms with van der Waals surface area (Å²) < 4.78 is 0. The molecule has 2 aromatic rings. The highest BCUT2D eigenvalue weighted by atomic mass is 32.1. The van der Waals surface area contributed by atoms with Gasteiger partial charge in [0.05, 0.1) is 6.04 Å². The van der Waals surface area contributed by atoms with Crippen molar-refractivity contribution in [1.29, 1.82) is 0 Å². The van der Waals surface area contributed by atoms with Crippen molar-refractivity contribution in [2.75, 3.05) is 18.8 Å². The van der Waals surface area contributed by atoms with Gasteiger partial charge >= 0.3 is 5.97 Å². The van der Waals surface area contributed by atoms with Gasteiger partial charge in [-0.05, 0) is 43.9 Å². The number of aliphatic carboxylic acids is 1. The summed E-state index contributed by atoms with van der Waals surface area (Å²) in [4.78, 5) is 58.1. The summed E-state index contributed by atoms with van der Waals surface area (Å²) in [5.41, 5.74) is 12.4. The molecule has 0 radical (unpaired) electrons. The van der Waals surface area contributed by atoms with Crippen LogP contribution in [0.25, 0.3) is 10.9 Å². The Morgan fingerprint density at radius 3 is 2.46 bits per heavy atom. The molecule has 0 aliphatic carbocycles. The third-order valence-corrected chi connectivity index (χ3v) is 6.85. The quantitative estimate of drug-likeness (QED) is 0.0602. The number of nitrogens with zero attached hydrogens (tertiary/aromatic N) is 1. The van der Waals surface area contributed by atoms with Gasteiger partial charge in [0.1, 0.15) is 18.1 Å². The lowest BCUT2D eigenvalue weighted by Crippen LogP contribution is -2.57. The highest BCUT2D eigenvalue weighted by Gasteiger charge is 2.31. The van der Waals surface area contributed by atoms with Gasteiger partial charge in [-0.3, -0.25) is 19.4 Å². The Kier molecular flexibility index (Phi) is 11.0. The van der Waals surface area contributed by atoms with Crippen molar-refractivity contribution < 1.29 is 24.3 Å². The first-order valence-corrected chi connectivity index (χ1v) is 13.4. The Morgan fingerprint density at radius 1 is 1.08 bits per heavy atom. The van der Waals surface area contributed by atoms with Gasteiger partial charge in [-0.2, -0.15) is 12.6 Å². The molecule has 1 saturated heterocycles. The standard InChI is InChI=1S/C25H36N8O5S/c26-25(27)29-10-4-8-18(31-21(34)17-7-3-9-28-17)22(35)32-19(23(36)33-20(13-39)24(37)38)11-14-12-30-16-6-2-1-5-15(14)16/h1-2,5-6,12,17-20,28,30,39H,3-4,7-11,13H2,(H,31,34)(H,32,35)(H,33,36)(H,37,38)(H4,26,27,29). The van der Waals surface area contributed by atoms with E-state index in [1.54, 1.807) is 6.20 Å². The number of guanidine groups is 1. The van der Waals surface area contributed by atoms with Crippen LogP contribution in [0.3, 0.4) is 0 Å². The van der Waals surface area contributed by atoms with Crippen molar-refractivity contribution in [3.05, 3.63) is 36.0 Å². The zero-order valence-corrected chi connectivity index (χ0v) is 22.4. The second-order valence-electron chi connectivity index (χ2n) is 9.37. The van der Waals surface area contributed by atoms with Gasteiger partial charge in [0.2, 0.25) is 17.7 Å². The van der Waals surface area contributed by atoms with Crippen molar-refractivity contribution in [1.82, 2.24) is 26.3 Å². The first-order valence-electron chi connectivity index (χ1n) is 12.8. The molecule has 212 valence electrons. The number of carbonyl (C=O) groups is 4. The fourth-order valence-corrected chi connectivity index (χ4v) is 4.66. The number of nitrogens with one attached hydrogen (secondary N) is 5. The van der Waals surface area contributed by atoms with E-state index in [1.165, 1.54) is 0 Å². The number of hydrogen-bond acceptors (Lipinski definition) is 7. The highest BCUT2D eigenvalue weighted by Crippen LogP contribution is 2.19. The topological polar surface area (TPSA) is 217 Å². The van der Waals surface area contributed by atoms with Gasteiger partial charge in [0.25, 0.3) is 0 Å². The number of carboxylic acid groups (broad SMARTS) is 1. The lowest BCUT2D eigenvalue weighted by atomic mass is 10.0. The third kappa shape index (κ3) is 8.61. The normalized spacial score (nSPS) is 17.1. The van der Waals surface area contributed by atoms with E-state index in [-0.39, 0.29) is 37.0 Å². The minimum absolute atomic E-state index is 0.0807. The maximum atomic E-state index is 13.5. The molecule has 39 heavy (non-hydrogen) atoms. The Hall–Kier alpha value is -3.78. The van der Waals surface area contributed by atoms with Gasteiger partial charge in [-0.25, -0.2) is 4.79 Å². The average molecular weight is 561 g/mol. The van der Waals surface area contributed by atoms with Crippen LogP contribution in [0.4, 0.5) is 0 Å². The summed E-state index contributed by atoms with van der Waals surface area (Å²) >= 11 is 4.01. The second-order valence-corrected chi connectivity index (χ2v) is 9.73. The zero-order valence-electron chi connectivity index (χ0n) is 21.5. The molecule has 1 aliphatic heterocycles. The SMILES string of the molecule is NC(N)=NCCCC(NC(=O)C1CCCN1)C(=O)NC(Cc1c[nH]c2ccccc12)C(=O)NC(CS)C(=O)O. The van der Waals surface area contributed by atoms with E-state index in [1.807, 2.05) is 24.3 Å². The molecule has 0 bridgehead atoms. The Morgan fingerprint density at radius 2 is 1.79 bits per heavy atom. The molecule has 10 N–H and O–H groups in total. The van der Waals surface area contributed by atoms with Gasteiger partial charge in [-0.1, -0.05) is 18.2 Å². The number of H-pyrrole nitrogens is 1. The summed E-state index contributed by atoms with van der Waals surface area (Å²) in [7, 11) is 0. The maximum Gasteiger partial charge on any atom is 0.327 e. The molecular formula is C25H36N8O5S. The molecule has 4 unspecified atom stereocenters. The number of aromatic amines is 1. The first kappa shape index (κ1) is 29.8. The number of rotatable bonds is 14. The number of aromatic nitrogens is 1. The highest BCUT2D eigenvalue weighted by molar-refractivity contribution is 7.80. The van der Waals surface area contributed by atoms with Crippen LogP contribution in [0.2, 0.25) is 0 Å². The van der Waals surface area contributed by atoms with Crippen LogP contribution in [0.5, 0.6) is 0 Å². The molecule has 13 nitrogen and oxygen atoms in total. The molecule has 4 atom stereocenters. The summed E-state index contributed by atoms with van der Waals surface area (Å²) in [6.07, 6.45) is 3.94. The van der Waals surface area contributed by atoms with Crippen LogP contribution >= 0.6 is 12.6 Å². The number of carbonyl (C=O) groups excluding carboxylic acids is 3. The average Bonchev–Trinajstić information content (AvgIpc) is 3.59. The van der Waals surface area contributed by atoms with E-state index in [4.69, 9.17) is 11.5 Å². The number of aliphatic imine (C=N–C) groups is 1. The van der Waals surface area contributed by atoms with Crippen molar-refractivity contribution in [3.63, 3.8) is 0 Å². The third-order valence-electron chi connectivity index (χ3n) is 6.48. The van der Waals surface area contributed by atoms with Crippen LogP contribution in [0.15, 0.2) is 35.5 Å². The van der Waals surface area contributed by atoms with E-state index in [2.05, 4.69) is 43.9 Å². The molecule has 1 aliphatic rings. The molecule has 2 heterocycles. The van der Waals surface area contributed by atoms with E-state index in [0.717, 1.165) is 22.9 Å². The van der Waals surface area contributed by atoms with Crippen molar-refractivity contribution >= 4 is 53.2 Å². The van der Waals surface area contributed by atoms with E-state index in [0.29, 0.717) is 19.4 Å². The van der Waals surface area contributed by atoms with E-state index >= 15 is 0 Å². The predicted molar refractivity (Wildman–Crippen MR) is 150 cm³/mol. The molecule has 3 rings (SSSR count). The molecule has 0 saturated carbocycles. The number of thiol groups is 1.